The number of phenolic OH excluding ortho intramolecular Hbond substituents is 2. The largest absolute Gasteiger partial charge is 0.508 e. The maximum atomic E-state index is 11.0. The highest BCUT2D eigenvalue weighted by Gasteiger charge is 2.16. The minimum Gasteiger partial charge on any atom is -0.508 e. The van der Waals surface area contributed by atoms with Crippen molar-refractivity contribution in [2.24, 2.45) is 0 Å². The van der Waals surface area contributed by atoms with Gasteiger partial charge in [0.25, 0.3) is 0 Å². The fourth-order valence-corrected chi connectivity index (χ4v) is 2.93. The molecule has 0 bridgehead atoms. The Morgan fingerprint density at radius 3 is 2.00 bits per heavy atom. The van der Waals surface area contributed by atoms with Crippen molar-refractivity contribution in [1.29, 1.82) is 0 Å². The van der Waals surface area contributed by atoms with Gasteiger partial charge in [0, 0.05) is 17.2 Å². The number of hydrogen-bond donors (Lipinski definition) is 2. The first-order valence-electron chi connectivity index (χ1n) is 9.27. The number of phenols is 2. The number of hydrogen-bond acceptors (Lipinski definition) is 3. The highest BCUT2D eigenvalue weighted by molar-refractivity contribution is 5.56. The van der Waals surface area contributed by atoms with Gasteiger partial charge in [-0.05, 0) is 83.7 Å². The second-order valence-corrected chi connectivity index (χ2v) is 7.57. The quantitative estimate of drug-likeness (QED) is 0.572. The molecule has 2 N–H and O–H groups in total. The van der Waals surface area contributed by atoms with E-state index in [1.54, 1.807) is 12.1 Å². The van der Waals surface area contributed by atoms with Crippen molar-refractivity contribution in [3.63, 3.8) is 0 Å². The molecule has 0 spiro atoms. The monoisotopic (exact) mass is 366 g/mol. The topological polar surface area (TPSA) is 49.7 Å². The predicted octanol–water partition coefficient (Wildman–Crippen LogP) is 6.52. The van der Waals surface area contributed by atoms with Crippen LogP contribution in [0.4, 0.5) is 0 Å². The van der Waals surface area contributed by atoms with Crippen LogP contribution >= 0.6 is 0 Å². The van der Waals surface area contributed by atoms with Crippen molar-refractivity contribution in [3.05, 3.63) is 69.8 Å². The zero-order chi connectivity index (χ0) is 20.1. The lowest BCUT2D eigenvalue weighted by Gasteiger charge is -2.17. The number of rotatable bonds is 6. The molecule has 3 nitrogen and oxygen atoms in total. The third-order valence-electron chi connectivity index (χ3n) is 4.39. The van der Waals surface area contributed by atoms with Gasteiger partial charge in [-0.15, -0.1) is 0 Å². The fraction of sp³-hybridized carbons (Fsp3) is 0.333. The van der Waals surface area contributed by atoms with Crippen LogP contribution in [0.1, 0.15) is 49.9 Å². The van der Waals surface area contributed by atoms with E-state index < -0.39 is 0 Å². The van der Waals surface area contributed by atoms with Crippen molar-refractivity contribution < 1.29 is 14.9 Å². The molecule has 2 rings (SSSR count). The first kappa shape index (κ1) is 20.6. The Labute approximate surface area is 162 Å². The summed E-state index contributed by atoms with van der Waals surface area (Å²) >= 11 is 0. The molecule has 0 atom stereocenters. The van der Waals surface area contributed by atoms with Gasteiger partial charge in [0.1, 0.15) is 23.0 Å². The molecule has 0 amide bonds. The fourth-order valence-electron chi connectivity index (χ4n) is 2.93. The molecule has 0 heterocycles. The number of allylic oxidation sites excluding steroid dienone is 4. The first-order chi connectivity index (χ1) is 12.7. The minimum absolute atomic E-state index is 0.164. The highest BCUT2D eigenvalue weighted by atomic mass is 16.5. The number of benzene rings is 2. The molecule has 3 heteroatoms. The maximum Gasteiger partial charge on any atom is 0.134 e. The molecule has 2 aromatic rings. The second-order valence-electron chi connectivity index (χ2n) is 7.57. The summed E-state index contributed by atoms with van der Waals surface area (Å²) in [5.41, 5.74) is 5.98. The molecular weight excluding hydrogens is 336 g/mol. The smallest absolute Gasteiger partial charge is 0.134 e. The number of ether oxygens (including phenoxy) is 1. The number of aryl methyl sites for hydroxylation is 2. The van der Waals surface area contributed by atoms with Crippen LogP contribution < -0.4 is 4.74 Å². The molecule has 0 unspecified atom stereocenters. The van der Waals surface area contributed by atoms with E-state index in [-0.39, 0.29) is 11.5 Å². The average molecular weight is 367 g/mol. The molecule has 27 heavy (non-hydrogen) atoms. The van der Waals surface area contributed by atoms with Gasteiger partial charge in [-0.1, -0.05) is 23.3 Å². The Hall–Kier alpha value is -2.68. The van der Waals surface area contributed by atoms with Gasteiger partial charge in [0.15, 0.2) is 0 Å². The summed E-state index contributed by atoms with van der Waals surface area (Å²) in [6.07, 6.45) is 5.47. The third-order valence-corrected chi connectivity index (χ3v) is 4.39. The summed E-state index contributed by atoms with van der Waals surface area (Å²) in [5, 5.41) is 20.8. The van der Waals surface area contributed by atoms with Gasteiger partial charge in [0.05, 0.1) is 0 Å². The first-order valence-corrected chi connectivity index (χ1v) is 9.27. The van der Waals surface area contributed by atoms with Gasteiger partial charge >= 0.3 is 0 Å². The molecular formula is C24H30O3. The van der Waals surface area contributed by atoms with Gasteiger partial charge in [-0.25, -0.2) is 0 Å². The van der Waals surface area contributed by atoms with Crippen molar-refractivity contribution in [3.8, 4) is 23.0 Å². The molecule has 0 aliphatic heterocycles. The molecule has 0 aliphatic rings. The zero-order valence-electron chi connectivity index (χ0n) is 17.2. The summed E-state index contributed by atoms with van der Waals surface area (Å²) in [4.78, 5) is 0. The van der Waals surface area contributed by atoms with E-state index >= 15 is 0 Å². The second kappa shape index (κ2) is 8.81. The Bertz CT molecular complexity index is 861. The normalized spacial score (nSPS) is 10.4. The van der Waals surface area contributed by atoms with Crippen LogP contribution in [0.5, 0.6) is 23.0 Å². The van der Waals surface area contributed by atoms with Crippen LogP contribution in [0.25, 0.3) is 0 Å². The Kier molecular flexibility index (Phi) is 6.73. The average Bonchev–Trinajstić information content (AvgIpc) is 2.52. The van der Waals surface area contributed by atoms with E-state index in [9.17, 15) is 10.2 Å². The minimum atomic E-state index is 0.164. The van der Waals surface area contributed by atoms with E-state index in [1.807, 2.05) is 39.8 Å². The van der Waals surface area contributed by atoms with Crippen LogP contribution in [-0.2, 0) is 12.8 Å². The SMILES string of the molecule is CC(C)=CCc1c(C)cc(Oc2cc(C)cc(O)c2)c(CC=C(C)C)c1O. The molecule has 0 aromatic heterocycles. The van der Waals surface area contributed by atoms with E-state index in [1.165, 1.54) is 11.1 Å². The lowest BCUT2D eigenvalue weighted by molar-refractivity contribution is 0.435. The molecule has 2 aromatic carbocycles. The Balaban J connectivity index is 2.54. The summed E-state index contributed by atoms with van der Waals surface area (Å²) in [6, 6.07) is 7.11. The van der Waals surface area contributed by atoms with Crippen LogP contribution in [0.2, 0.25) is 0 Å². The highest BCUT2D eigenvalue weighted by Crippen LogP contribution is 2.38. The molecule has 0 saturated heterocycles. The number of aromatic hydroxyl groups is 2. The van der Waals surface area contributed by atoms with Crippen molar-refractivity contribution >= 4 is 0 Å². The lowest BCUT2D eigenvalue weighted by atomic mass is 9.96. The molecule has 0 fully saturated rings. The van der Waals surface area contributed by atoms with Crippen molar-refractivity contribution in [1.82, 2.24) is 0 Å². The van der Waals surface area contributed by atoms with Crippen molar-refractivity contribution in [2.75, 3.05) is 0 Å². The van der Waals surface area contributed by atoms with Crippen LogP contribution in [-0.4, -0.2) is 10.2 Å². The Morgan fingerprint density at radius 2 is 1.44 bits per heavy atom. The van der Waals surface area contributed by atoms with E-state index in [0.29, 0.717) is 24.3 Å². The summed E-state index contributed by atoms with van der Waals surface area (Å²) < 4.78 is 6.08. The maximum absolute atomic E-state index is 11.0. The van der Waals surface area contributed by atoms with Crippen LogP contribution in [0.15, 0.2) is 47.6 Å². The lowest BCUT2D eigenvalue weighted by Crippen LogP contribution is -1.99. The van der Waals surface area contributed by atoms with E-state index in [0.717, 1.165) is 22.3 Å². The van der Waals surface area contributed by atoms with Gasteiger partial charge in [0.2, 0.25) is 0 Å². The van der Waals surface area contributed by atoms with E-state index in [4.69, 9.17) is 4.74 Å². The summed E-state index contributed by atoms with van der Waals surface area (Å²) in [5.74, 6) is 1.63. The standard InChI is InChI=1S/C24H30O3/c1-15(2)7-9-21-18(6)13-23(22(24(21)26)10-8-16(3)4)27-20-12-17(5)11-19(25)14-20/h7-8,11-14,25-26H,9-10H2,1-6H3. The van der Waals surface area contributed by atoms with Crippen molar-refractivity contribution in [2.45, 2.75) is 54.4 Å². The molecule has 144 valence electrons. The summed E-state index contributed by atoms with van der Waals surface area (Å²) in [6.45, 7) is 12.1. The zero-order valence-corrected chi connectivity index (χ0v) is 17.2. The van der Waals surface area contributed by atoms with Crippen LogP contribution in [0.3, 0.4) is 0 Å². The third kappa shape index (κ3) is 5.65. The van der Waals surface area contributed by atoms with Gasteiger partial charge < -0.3 is 14.9 Å². The molecule has 0 saturated carbocycles. The van der Waals surface area contributed by atoms with Crippen LogP contribution in [0, 0.1) is 13.8 Å². The molecule has 0 radical (unpaired) electrons. The van der Waals surface area contributed by atoms with Gasteiger partial charge in [-0.3, -0.25) is 0 Å². The predicted molar refractivity (Wildman–Crippen MR) is 112 cm³/mol. The Morgan fingerprint density at radius 1 is 0.852 bits per heavy atom. The summed E-state index contributed by atoms with van der Waals surface area (Å²) in [7, 11) is 0. The van der Waals surface area contributed by atoms with E-state index in [2.05, 4.69) is 26.0 Å². The van der Waals surface area contributed by atoms with Gasteiger partial charge in [-0.2, -0.15) is 0 Å². The molecule has 0 aliphatic carbocycles.